The standard InChI is InChI=1S/C21H26N4O4/c1-19(2)20(3)8-9-21(19,18(26)22-10-5-11-29-4)17-16(20)23-14-7-6-13(25(27)28)12-15(14)24-17/h6-7,12H,5,8-11H2,1-4H3,(H,22,26). The average Bonchev–Trinajstić information content (AvgIpc) is 2.98. The van der Waals surface area contributed by atoms with E-state index >= 15 is 0 Å². The number of hydrogen-bond acceptors (Lipinski definition) is 6. The molecule has 0 aliphatic heterocycles. The molecule has 0 spiro atoms. The first-order valence-corrected chi connectivity index (χ1v) is 9.93. The minimum absolute atomic E-state index is 0.0292. The monoisotopic (exact) mass is 398 g/mol. The second kappa shape index (κ2) is 6.45. The van der Waals surface area contributed by atoms with E-state index in [1.54, 1.807) is 13.2 Å². The predicted octanol–water partition coefficient (Wildman–Crippen LogP) is 3.02. The number of rotatable bonds is 6. The summed E-state index contributed by atoms with van der Waals surface area (Å²) in [5, 5.41) is 14.3. The van der Waals surface area contributed by atoms with Gasteiger partial charge < -0.3 is 10.1 Å². The fourth-order valence-corrected chi connectivity index (χ4v) is 5.28. The number of amides is 1. The molecular weight excluding hydrogens is 372 g/mol. The number of carbonyl (C=O) groups is 1. The van der Waals surface area contributed by atoms with Crippen LogP contribution < -0.4 is 5.32 Å². The van der Waals surface area contributed by atoms with Crippen LogP contribution in [0.25, 0.3) is 11.0 Å². The van der Waals surface area contributed by atoms with Crippen molar-refractivity contribution in [2.75, 3.05) is 20.3 Å². The van der Waals surface area contributed by atoms with Crippen LogP contribution in [0.3, 0.4) is 0 Å². The number of fused-ring (bicyclic) bond motifs is 6. The predicted molar refractivity (Wildman–Crippen MR) is 108 cm³/mol. The summed E-state index contributed by atoms with van der Waals surface area (Å²) in [6, 6.07) is 4.52. The van der Waals surface area contributed by atoms with Gasteiger partial charge in [-0.1, -0.05) is 20.8 Å². The molecule has 29 heavy (non-hydrogen) atoms. The van der Waals surface area contributed by atoms with Gasteiger partial charge in [-0.2, -0.15) is 0 Å². The van der Waals surface area contributed by atoms with Crippen LogP contribution in [0.1, 0.15) is 51.4 Å². The van der Waals surface area contributed by atoms with Crippen LogP contribution in [0.5, 0.6) is 0 Å². The van der Waals surface area contributed by atoms with Gasteiger partial charge in [0.05, 0.1) is 32.8 Å². The Morgan fingerprint density at radius 1 is 1.21 bits per heavy atom. The summed E-state index contributed by atoms with van der Waals surface area (Å²) in [5.74, 6) is -0.0415. The Kier molecular flexibility index (Phi) is 4.38. The number of benzene rings is 1. The SMILES string of the molecule is COCCCNC(=O)C12CCC(C)(c3nc4ccc([N+](=O)[O-])cc4nc31)C2(C)C. The fraction of sp³-hybridized carbons (Fsp3) is 0.571. The number of ether oxygens (including phenoxy) is 1. The molecule has 2 aliphatic rings. The van der Waals surface area contributed by atoms with Crippen LogP contribution in [0, 0.1) is 15.5 Å². The Morgan fingerprint density at radius 3 is 2.62 bits per heavy atom. The third-order valence-electron chi connectivity index (χ3n) is 7.43. The molecule has 4 rings (SSSR count). The van der Waals surface area contributed by atoms with Gasteiger partial charge in [0.2, 0.25) is 5.91 Å². The van der Waals surface area contributed by atoms with Crippen LogP contribution in [0.2, 0.25) is 0 Å². The van der Waals surface area contributed by atoms with Gasteiger partial charge in [-0.3, -0.25) is 14.9 Å². The van der Waals surface area contributed by atoms with Crippen LogP contribution in [-0.2, 0) is 20.4 Å². The van der Waals surface area contributed by atoms with E-state index in [1.807, 2.05) is 0 Å². The zero-order chi connectivity index (χ0) is 21.0. The molecule has 0 radical (unpaired) electrons. The first-order valence-electron chi connectivity index (χ1n) is 9.93. The van der Waals surface area contributed by atoms with Gasteiger partial charge in [-0.05, 0) is 30.7 Å². The lowest BCUT2D eigenvalue weighted by Gasteiger charge is -2.39. The van der Waals surface area contributed by atoms with Gasteiger partial charge >= 0.3 is 0 Å². The molecule has 2 aliphatic carbocycles. The molecule has 1 heterocycles. The van der Waals surface area contributed by atoms with Crippen molar-refractivity contribution in [1.82, 2.24) is 15.3 Å². The highest BCUT2D eigenvalue weighted by molar-refractivity contribution is 5.93. The molecule has 0 saturated heterocycles. The minimum Gasteiger partial charge on any atom is -0.385 e. The molecular formula is C21H26N4O4. The maximum absolute atomic E-state index is 13.5. The van der Waals surface area contributed by atoms with E-state index in [9.17, 15) is 14.9 Å². The quantitative estimate of drug-likeness (QED) is 0.455. The zero-order valence-electron chi connectivity index (χ0n) is 17.2. The van der Waals surface area contributed by atoms with E-state index in [1.165, 1.54) is 12.1 Å². The second-order valence-corrected chi connectivity index (χ2v) is 8.82. The average molecular weight is 398 g/mol. The number of nitro groups is 1. The normalized spacial score (nSPS) is 26.5. The molecule has 1 aromatic carbocycles. The van der Waals surface area contributed by atoms with E-state index in [2.05, 4.69) is 26.1 Å². The maximum atomic E-state index is 13.5. The molecule has 1 fully saturated rings. The van der Waals surface area contributed by atoms with Crippen LogP contribution >= 0.6 is 0 Å². The summed E-state index contributed by atoms with van der Waals surface area (Å²) in [5.41, 5.74) is 1.11. The van der Waals surface area contributed by atoms with E-state index < -0.39 is 10.3 Å². The van der Waals surface area contributed by atoms with Crippen LogP contribution in [0.15, 0.2) is 18.2 Å². The highest BCUT2D eigenvalue weighted by Crippen LogP contribution is 2.70. The molecule has 8 heteroatoms. The van der Waals surface area contributed by atoms with Crippen molar-refractivity contribution in [2.24, 2.45) is 5.41 Å². The van der Waals surface area contributed by atoms with Crippen molar-refractivity contribution in [1.29, 1.82) is 0 Å². The number of methoxy groups -OCH3 is 1. The van der Waals surface area contributed by atoms with Gasteiger partial charge in [0.25, 0.3) is 5.69 Å². The van der Waals surface area contributed by atoms with Crippen molar-refractivity contribution in [3.05, 3.63) is 39.7 Å². The largest absolute Gasteiger partial charge is 0.385 e. The molecule has 154 valence electrons. The summed E-state index contributed by atoms with van der Waals surface area (Å²) in [6.07, 6.45) is 2.28. The Labute approximate surface area is 169 Å². The third kappa shape index (κ3) is 2.44. The first kappa shape index (κ1) is 19.7. The summed E-state index contributed by atoms with van der Waals surface area (Å²) in [7, 11) is 1.64. The Bertz CT molecular complexity index is 1020. The van der Waals surface area contributed by atoms with Crippen molar-refractivity contribution >= 4 is 22.6 Å². The zero-order valence-corrected chi connectivity index (χ0v) is 17.2. The number of carbonyl (C=O) groups excluding carboxylic acids is 1. The highest BCUT2D eigenvalue weighted by Gasteiger charge is 2.73. The summed E-state index contributed by atoms with van der Waals surface area (Å²) in [4.78, 5) is 33.9. The first-order chi connectivity index (χ1) is 13.7. The molecule has 1 aromatic heterocycles. The molecule has 2 unspecified atom stereocenters. The Balaban J connectivity index is 1.85. The summed E-state index contributed by atoms with van der Waals surface area (Å²) in [6.45, 7) is 7.50. The Morgan fingerprint density at radius 2 is 1.93 bits per heavy atom. The van der Waals surface area contributed by atoms with Gasteiger partial charge in [0.15, 0.2) is 0 Å². The Hall–Kier alpha value is -2.61. The molecule has 2 aromatic rings. The van der Waals surface area contributed by atoms with Crippen molar-refractivity contribution < 1.29 is 14.5 Å². The molecule has 1 saturated carbocycles. The lowest BCUT2D eigenvalue weighted by Crippen LogP contribution is -2.51. The number of nitro benzene ring substituents is 1. The van der Waals surface area contributed by atoms with E-state index in [0.29, 0.717) is 36.3 Å². The minimum atomic E-state index is -0.796. The maximum Gasteiger partial charge on any atom is 0.271 e. The van der Waals surface area contributed by atoms with Crippen molar-refractivity contribution in [3.8, 4) is 0 Å². The molecule has 8 nitrogen and oxygen atoms in total. The summed E-state index contributed by atoms with van der Waals surface area (Å²) < 4.78 is 5.07. The van der Waals surface area contributed by atoms with Crippen LogP contribution in [0.4, 0.5) is 5.69 Å². The van der Waals surface area contributed by atoms with Gasteiger partial charge in [-0.15, -0.1) is 0 Å². The van der Waals surface area contributed by atoms with E-state index in [4.69, 9.17) is 14.7 Å². The number of aromatic nitrogens is 2. The lowest BCUT2D eigenvalue weighted by molar-refractivity contribution is -0.384. The van der Waals surface area contributed by atoms with Crippen LogP contribution in [-0.4, -0.2) is 41.1 Å². The lowest BCUT2D eigenvalue weighted by atomic mass is 9.63. The van der Waals surface area contributed by atoms with Crippen molar-refractivity contribution in [2.45, 2.75) is 50.9 Å². The van der Waals surface area contributed by atoms with Gasteiger partial charge in [0, 0.05) is 37.8 Å². The van der Waals surface area contributed by atoms with E-state index in [-0.39, 0.29) is 22.4 Å². The smallest absolute Gasteiger partial charge is 0.271 e. The van der Waals surface area contributed by atoms with Gasteiger partial charge in [0.1, 0.15) is 0 Å². The second-order valence-electron chi connectivity index (χ2n) is 8.82. The number of hydrogen-bond donors (Lipinski definition) is 1. The van der Waals surface area contributed by atoms with Gasteiger partial charge in [-0.25, -0.2) is 9.97 Å². The molecule has 2 bridgehead atoms. The molecule has 2 atom stereocenters. The number of nitrogens with zero attached hydrogens (tertiary/aromatic N) is 3. The highest BCUT2D eigenvalue weighted by atomic mass is 16.6. The molecule has 1 amide bonds. The number of nitrogens with one attached hydrogen (secondary N) is 1. The number of non-ortho nitro benzene ring substituents is 1. The topological polar surface area (TPSA) is 107 Å². The summed E-state index contributed by atoms with van der Waals surface area (Å²) >= 11 is 0. The molecule has 1 N–H and O–H groups in total. The van der Waals surface area contributed by atoms with E-state index in [0.717, 1.165) is 18.5 Å². The fourth-order valence-electron chi connectivity index (χ4n) is 5.28. The third-order valence-corrected chi connectivity index (χ3v) is 7.43. The van der Waals surface area contributed by atoms with Crippen molar-refractivity contribution in [3.63, 3.8) is 0 Å².